The van der Waals surface area contributed by atoms with Gasteiger partial charge in [-0.25, -0.2) is 0 Å². The summed E-state index contributed by atoms with van der Waals surface area (Å²) >= 11 is 5.51. The van der Waals surface area contributed by atoms with Crippen molar-refractivity contribution in [3.63, 3.8) is 0 Å². The van der Waals surface area contributed by atoms with E-state index < -0.39 is 6.04 Å². The molecule has 0 bridgehead atoms. The molecule has 2 aromatic rings. The van der Waals surface area contributed by atoms with Crippen LogP contribution in [0.15, 0.2) is 48.5 Å². The average Bonchev–Trinajstić information content (AvgIpc) is 2.66. The van der Waals surface area contributed by atoms with Gasteiger partial charge in [-0.3, -0.25) is 9.59 Å². The van der Waals surface area contributed by atoms with Crippen LogP contribution in [-0.2, 0) is 9.59 Å². The molecule has 0 saturated carbocycles. The van der Waals surface area contributed by atoms with Crippen LogP contribution in [0.5, 0.6) is 0 Å². The van der Waals surface area contributed by atoms with E-state index in [1.807, 2.05) is 62.4 Å². The van der Waals surface area contributed by atoms with Crippen molar-refractivity contribution in [2.75, 3.05) is 23.7 Å². The number of para-hydroxylation sites is 1. The first-order chi connectivity index (χ1) is 13.4. The molecule has 1 heterocycles. The van der Waals surface area contributed by atoms with E-state index in [2.05, 4.69) is 16.0 Å². The maximum Gasteiger partial charge on any atom is 0.243 e. The summed E-state index contributed by atoms with van der Waals surface area (Å²) in [6.45, 7) is 4.99. The summed E-state index contributed by atoms with van der Waals surface area (Å²) in [4.78, 5) is 26.8. The highest BCUT2D eigenvalue weighted by Gasteiger charge is 2.33. The Bertz CT molecular complexity index is 885. The fourth-order valence-corrected chi connectivity index (χ4v) is 3.54. The summed E-state index contributed by atoms with van der Waals surface area (Å²) in [5, 5.41) is 9.31. The number of thiocarbonyl (C=S) groups is 1. The van der Waals surface area contributed by atoms with E-state index >= 15 is 0 Å². The lowest BCUT2D eigenvalue weighted by Crippen LogP contribution is -2.58. The third-order valence-corrected chi connectivity index (χ3v) is 4.99. The van der Waals surface area contributed by atoms with Crippen molar-refractivity contribution in [1.82, 2.24) is 10.2 Å². The van der Waals surface area contributed by atoms with Crippen LogP contribution in [0, 0.1) is 13.8 Å². The van der Waals surface area contributed by atoms with Gasteiger partial charge in [0.2, 0.25) is 11.8 Å². The first-order valence-corrected chi connectivity index (χ1v) is 9.62. The van der Waals surface area contributed by atoms with E-state index in [9.17, 15) is 9.59 Å². The number of carbonyl (C=O) groups is 2. The van der Waals surface area contributed by atoms with Gasteiger partial charge in [0.15, 0.2) is 5.11 Å². The molecule has 2 amide bonds. The number of rotatable bonds is 4. The second-order valence-electron chi connectivity index (χ2n) is 6.87. The Labute approximate surface area is 170 Å². The lowest BCUT2D eigenvalue weighted by atomic mass is 10.1. The average molecular weight is 397 g/mol. The lowest BCUT2D eigenvalue weighted by molar-refractivity contribution is -0.130. The molecule has 1 fully saturated rings. The molecule has 1 saturated heterocycles. The number of amides is 2. The van der Waals surface area contributed by atoms with Crippen LogP contribution in [-0.4, -0.2) is 41.0 Å². The molecule has 2 aromatic carbocycles. The van der Waals surface area contributed by atoms with Crippen LogP contribution in [0.25, 0.3) is 0 Å². The molecule has 1 atom stereocenters. The number of carbonyl (C=O) groups excluding carboxylic acids is 2. The van der Waals surface area contributed by atoms with Gasteiger partial charge in [-0.05, 0) is 49.8 Å². The molecule has 146 valence electrons. The van der Waals surface area contributed by atoms with Crippen molar-refractivity contribution < 1.29 is 9.59 Å². The molecule has 1 aliphatic rings. The Balaban J connectivity index is 1.68. The van der Waals surface area contributed by atoms with Crippen molar-refractivity contribution in [3.05, 3.63) is 59.7 Å². The molecule has 6 nitrogen and oxygen atoms in total. The maximum absolute atomic E-state index is 12.6. The van der Waals surface area contributed by atoms with E-state index in [0.717, 1.165) is 22.5 Å². The minimum absolute atomic E-state index is 0.0236. The summed E-state index contributed by atoms with van der Waals surface area (Å²) in [7, 11) is 0. The molecule has 3 rings (SSSR count). The van der Waals surface area contributed by atoms with Gasteiger partial charge in [0.25, 0.3) is 0 Å². The number of hydrogen-bond donors (Lipinski definition) is 3. The Kier molecular flexibility index (Phi) is 6.26. The third kappa shape index (κ3) is 4.86. The number of anilines is 2. The largest absolute Gasteiger partial charge is 0.353 e. The number of benzene rings is 2. The van der Waals surface area contributed by atoms with E-state index in [1.165, 1.54) is 0 Å². The SMILES string of the molecule is Cc1ccc(NC(=O)C[C@@H]2C(=O)NCCN2C(=S)Nc2ccccc2)c(C)c1. The zero-order valence-corrected chi connectivity index (χ0v) is 16.8. The highest BCUT2D eigenvalue weighted by Crippen LogP contribution is 2.18. The van der Waals surface area contributed by atoms with Crippen molar-refractivity contribution in [2.45, 2.75) is 26.3 Å². The minimum Gasteiger partial charge on any atom is -0.353 e. The molecule has 0 unspecified atom stereocenters. The van der Waals surface area contributed by atoms with E-state index in [-0.39, 0.29) is 18.2 Å². The van der Waals surface area contributed by atoms with Gasteiger partial charge in [-0.15, -0.1) is 0 Å². The normalized spacial score (nSPS) is 16.3. The van der Waals surface area contributed by atoms with E-state index in [4.69, 9.17) is 12.2 Å². The van der Waals surface area contributed by atoms with Gasteiger partial charge in [-0.1, -0.05) is 35.9 Å². The van der Waals surface area contributed by atoms with Gasteiger partial charge in [0.1, 0.15) is 6.04 Å². The number of aryl methyl sites for hydroxylation is 2. The summed E-state index contributed by atoms with van der Waals surface area (Å²) in [6.07, 6.45) is 0.0236. The summed E-state index contributed by atoms with van der Waals surface area (Å²) in [6, 6.07) is 14.7. The van der Waals surface area contributed by atoms with E-state index in [0.29, 0.717) is 18.2 Å². The number of piperazine rings is 1. The maximum atomic E-state index is 12.6. The zero-order chi connectivity index (χ0) is 20.1. The Morgan fingerprint density at radius 3 is 2.64 bits per heavy atom. The summed E-state index contributed by atoms with van der Waals surface area (Å²) in [5.41, 5.74) is 3.71. The molecule has 1 aliphatic heterocycles. The predicted molar refractivity (Wildman–Crippen MR) is 115 cm³/mol. The Morgan fingerprint density at radius 1 is 1.18 bits per heavy atom. The Hall–Kier alpha value is -2.93. The molecule has 0 radical (unpaired) electrons. The van der Waals surface area contributed by atoms with Crippen LogP contribution >= 0.6 is 12.2 Å². The third-order valence-electron chi connectivity index (χ3n) is 4.65. The van der Waals surface area contributed by atoms with Gasteiger partial charge in [0.05, 0.1) is 6.42 Å². The molecular formula is C21H24N4O2S. The van der Waals surface area contributed by atoms with Crippen LogP contribution < -0.4 is 16.0 Å². The molecule has 0 spiro atoms. The monoisotopic (exact) mass is 396 g/mol. The van der Waals surface area contributed by atoms with Crippen LogP contribution in [0.4, 0.5) is 11.4 Å². The van der Waals surface area contributed by atoms with Crippen molar-refractivity contribution >= 4 is 40.5 Å². The standard InChI is InChI=1S/C21H24N4O2S/c1-14-8-9-17(15(2)12-14)24-19(26)13-18-20(27)22-10-11-25(18)21(28)23-16-6-4-3-5-7-16/h3-9,12,18H,10-11,13H2,1-2H3,(H,22,27)(H,23,28)(H,24,26)/t18-/m1/s1. The molecule has 3 N–H and O–H groups in total. The van der Waals surface area contributed by atoms with Gasteiger partial charge < -0.3 is 20.9 Å². The fourth-order valence-electron chi connectivity index (χ4n) is 3.21. The fraction of sp³-hybridized carbons (Fsp3) is 0.286. The summed E-state index contributed by atoms with van der Waals surface area (Å²) in [5.74, 6) is -0.416. The highest BCUT2D eigenvalue weighted by molar-refractivity contribution is 7.80. The second kappa shape index (κ2) is 8.84. The lowest BCUT2D eigenvalue weighted by Gasteiger charge is -2.36. The van der Waals surface area contributed by atoms with Gasteiger partial charge >= 0.3 is 0 Å². The topological polar surface area (TPSA) is 73.5 Å². The number of hydrogen-bond acceptors (Lipinski definition) is 3. The molecule has 0 aliphatic carbocycles. The van der Waals surface area contributed by atoms with Gasteiger partial charge in [-0.2, -0.15) is 0 Å². The molecule has 28 heavy (non-hydrogen) atoms. The minimum atomic E-state index is -0.650. The second-order valence-corrected chi connectivity index (χ2v) is 7.25. The van der Waals surface area contributed by atoms with Crippen LogP contribution in [0.3, 0.4) is 0 Å². The number of nitrogens with zero attached hydrogens (tertiary/aromatic N) is 1. The molecular weight excluding hydrogens is 372 g/mol. The smallest absolute Gasteiger partial charge is 0.243 e. The molecule has 0 aromatic heterocycles. The first-order valence-electron chi connectivity index (χ1n) is 9.21. The quantitative estimate of drug-likeness (QED) is 0.693. The van der Waals surface area contributed by atoms with Crippen LogP contribution in [0.1, 0.15) is 17.5 Å². The van der Waals surface area contributed by atoms with Crippen molar-refractivity contribution in [1.29, 1.82) is 0 Å². The van der Waals surface area contributed by atoms with Crippen molar-refractivity contribution in [3.8, 4) is 0 Å². The first kappa shape index (κ1) is 19.8. The van der Waals surface area contributed by atoms with Crippen LogP contribution in [0.2, 0.25) is 0 Å². The highest BCUT2D eigenvalue weighted by atomic mass is 32.1. The zero-order valence-electron chi connectivity index (χ0n) is 16.0. The molecule has 7 heteroatoms. The van der Waals surface area contributed by atoms with Gasteiger partial charge in [0, 0.05) is 24.5 Å². The number of nitrogens with one attached hydrogen (secondary N) is 3. The summed E-state index contributed by atoms with van der Waals surface area (Å²) < 4.78 is 0. The van der Waals surface area contributed by atoms with E-state index in [1.54, 1.807) is 4.90 Å². The van der Waals surface area contributed by atoms with Crippen molar-refractivity contribution in [2.24, 2.45) is 0 Å². The Morgan fingerprint density at radius 2 is 1.93 bits per heavy atom. The predicted octanol–water partition coefficient (Wildman–Crippen LogP) is 2.83.